The van der Waals surface area contributed by atoms with E-state index in [0.717, 1.165) is 20.0 Å². The second kappa shape index (κ2) is 6.88. The maximum atomic E-state index is 14.2. The summed E-state index contributed by atoms with van der Waals surface area (Å²) in [6.45, 7) is 11.7. The Morgan fingerprint density at radius 2 is 1.67 bits per heavy atom. The van der Waals surface area contributed by atoms with E-state index in [-0.39, 0.29) is 5.47 Å². The van der Waals surface area contributed by atoms with Crippen LogP contribution in [0.15, 0.2) is 28.9 Å². The molecule has 0 aromatic rings. The zero-order valence-electron chi connectivity index (χ0n) is 14.6. The van der Waals surface area contributed by atoms with Gasteiger partial charge in [0.25, 0.3) is 0 Å². The van der Waals surface area contributed by atoms with E-state index < -0.39 is 42.3 Å². The van der Waals surface area contributed by atoms with E-state index in [1.807, 2.05) is 27.7 Å². The Balaban J connectivity index is 2.86. The molecule has 1 aliphatic rings. The van der Waals surface area contributed by atoms with Crippen molar-refractivity contribution in [2.24, 2.45) is 4.99 Å². The first-order valence-corrected chi connectivity index (χ1v) is 7.33. The standard InChI is InChI=1S/C15H22BF4NO3/c1-9(16-23-13(3,4)14(5,6)24-16)8-11(17)12(21-7)22-10(2)15(18,19)20/h8,10H,1H2,2-7H3/b11-8+,21-12?/t10-/m0/s1. The zero-order valence-corrected chi connectivity index (χ0v) is 14.6. The van der Waals surface area contributed by atoms with Crippen LogP contribution in [0, 0.1) is 0 Å². The molecule has 4 nitrogen and oxygen atoms in total. The molecule has 0 spiro atoms. The lowest BCUT2D eigenvalue weighted by atomic mass is 9.79. The maximum Gasteiger partial charge on any atom is 0.494 e. The van der Waals surface area contributed by atoms with Crippen LogP contribution in [0.3, 0.4) is 0 Å². The van der Waals surface area contributed by atoms with E-state index in [4.69, 9.17) is 9.31 Å². The van der Waals surface area contributed by atoms with Gasteiger partial charge < -0.3 is 14.0 Å². The Bertz CT molecular complexity index is 539. The van der Waals surface area contributed by atoms with Crippen LogP contribution in [-0.4, -0.2) is 43.5 Å². The summed E-state index contributed by atoms with van der Waals surface area (Å²) < 4.78 is 67.6. The fraction of sp³-hybridized carbons (Fsp3) is 0.667. The average Bonchev–Trinajstić information content (AvgIpc) is 2.63. The summed E-state index contributed by atoms with van der Waals surface area (Å²) >= 11 is 0. The third kappa shape index (κ3) is 4.60. The van der Waals surface area contributed by atoms with Crippen molar-refractivity contribution in [1.29, 1.82) is 0 Å². The SMILES string of the molecule is C=C(/C=C(/F)C(=NC)O[C@@H](C)C(F)(F)F)B1OC(C)(C)C(C)(C)O1. The van der Waals surface area contributed by atoms with E-state index in [2.05, 4.69) is 16.3 Å². The fourth-order valence-electron chi connectivity index (χ4n) is 1.74. The van der Waals surface area contributed by atoms with Gasteiger partial charge in [0.2, 0.25) is 5.90 Å². The van der Waals surface area contributed by atoms with Crippen LogP contribution in [0.25, 0.3) is 0 Å². The van der Waals surface area contributed by atoms with E-state index in [1.54, 1.807) is 0 Å². The molecule has 1 fully saturated rings. The molecular weight excluding hydrogens is 329 g/mol. The van der Waals surface area contributed by atoms with Gasteiger partial charge in [-0.1, -0.05) is 6.58 Å². The fourth-order valence-corrected chi connectivity index (χ4v) is 1.74. The summed E-state index contributed by atoms with van der Waals surface area (Å²) in [5.41, 5.74) is -1.18. The van der Waals surface area contributed by atoms with Gasteiger partial charge >= 0.3 is 13.3 Å². The van der Waals surface area contributed by atoms with Crippen LogP contribution < -0.4 is 0 Å². The lowest BCUT2D eigenvalue weighted by molar-refractivity contribution is -0.192. The van der Waals surface area contributed by atoms with E-state index in [1.165, 1.54) is 0 Å². The highest BCUT2D eigenvalue weighted by molar-refractivity contribution is 6.55. The highest BCUT2D eigenvalue weighted by Crippen LogP contribution is 2.38. The van der Waals surface area contributed by atoms with Crippen molar-refractivity contribution in [3.05, 3.63) is 24.0 Å². The normalized spacial score (nSPS) is 22.5. The quantitative estimate of drug-likeness (QED) is 0.253. The third-order valence-electron chi connectivity index (χ3n) is 4.02. The van der Waals surface area contributed by atoms with Crippen molar-refractivity contribution < 1.29 is 31.6 Å². The molecule has 1 rings (SSSR count). The highest BCUT2D eigenvalue weighted by atomic mass is 19.4. The summed E-state index contributed by atoms with van der Waals surface area (Å²) in [5.74, 6) is -1.86. The molecular formula is C15H22BF4NO3. The first kappa shape index (κ1) is 20.7. The number of hydrogen-bond acceptors (Lipinski definition) is 4. The van der Waals surface area contributed by atoms with Crippen molar-refractivity contribution in [3.8, 4) is 0 Å². The molecule has 0 amide bonds. The highest BCUT2D eigenvalue weighted by Gasteiger charge is 2.51. The lowest BCUT2D eigenvalue weighted by Crippen LogP contribution is -2.41. The Kier molecular flexibility index (Phi) is 5.93. The minimum Gasteiger partial charge on any atom is -0.463 e. The minimum atomic E-state index is -4.63. The number of aliphatic imine (C=N–C) groups is 1. The average molecular weight is 351 g/mol. The van der Waals surface area contributed by atoms with Crippen LogP contribution >= 0.6 is 0 Å². The molecule has 136 valence electrons. The molecule has 0 N–H and O–H groups in total. The van der Waals surface area contributed by atoms with Gasteiger partial charge in [0.15, 0.2) is 11.9 Å². The molecule has 0 aromatic carbocycles. The molecule has 0 saturated carbocycles. The van der Waals surface area contributed by atoms with Crippen molar-refractivity contribution in [1.82, 2.24) is 0 Å². The van der Waals surface area contributed by atoms with Gasteiger partial charge in [-0.15, -0.1) is 0 Å². The molecule has 1 saturated heterocycles. The van der Waals surface area contributed by atoms with E-state index in [0.29, 0.717) is 0 Å². The van der Waals surface area contributed by atoms with Gasteiger partial charge in [0.1, 0.15) is 0 Å². The molecule has 0 aromatic heterocycles. The molecule has 9 heteroatoms. The van der Waals surface area contributed by atoms with Crippen molar-refractivity contribution >= 4 is 13.0 Å². The number of alkyl halides is 3. The van der Waals surface area contributed by atoms with Gasteiger partial charge in [-0.05, 0) is 46.2 Å². The van der Waals surface area contributed by atoms with Crippen molar-refractivity contribution in [2.45, 2.75) is 58.1 Å². The van der Waals surface area contributed by atoms with Gasteiger partial charge in [0.05, 0.1) is 11.2 Å². The minimum absolute atomic E-state index is 0.107. The molecule has 1 heterocycles. The number of nitrogens with zero attached hydrogens (tertiary/aromatic N) is 1. The number of ether oxygens (including phenoxy) is 1. The number of hydrogen-bond donors (Lipinski definition) is 0. The largest absolute Gasteiger partial charge is 0.494 e. The predicted octanol–water partition coefficient (Wildman–Crippen LogP) is 4.02. The lowest BCUT2D eigenvalue weighted by Gasteiger charge is -2.32. The van der Waals surface area contributed by atoms with Crippen LogP contribution in [-0.2, 0) is 14.0 Å². The van der Waals surface area contributed by atoms with Gasteiger partial charge in [-0.3, -0.25) is 4.99 Å². The molecule has 1 atom stereocenters. The predicted molar refractivity (Wildman–Crippen MR) is 84.4 cm³/mol. The van der Waals surface area contributed by atoms with E-state index in [9.17, 15) is 17.6 Å². The second-order valence-corrected chi connectivity index (χ2v) is 6.49. The van der Waals surface area contributed by atoms with Gasteiger partial charge in [0, 0.05) is 7.05 Å². The topological polar surface area (TPSA) is 40.0 Å². The molecule has 0 aliphatic carbocycles. The summed E-state index contributed by atoms with van der Waals surface area (Å²) in [7, 11) is 0.211. The number of rotatable bonds is 4. The van der Waals surface area contributed by atoms with Crippen LogP contribution in [0.5, 0.6) is 0 Å². The molecule has 1 aliphatic heterocycles. The third-order valence-corrected chi connectivity index (χ3v) is 4.02. The molecule has 0 radical (unpaired) electrons. The first-order valence-electron chi connectivity index (χ1n) is 7.33. The van der Waals surface area contributed by atoms with Crippen molar-refractivity contribution in [2.75, 3.05) is 7.05 Å². The Labute approximate surface area is 139 Å². The van der Waals surface area contributed by atoms with Crippen molar-refractivity contribution in [3.63, 3.8) is 0 Å². The second-order valence-electron chi connectivity index (χ2n) is 6.49. The molecule has 24 heavy (non-hydrogen) atoms. The summed E-state index contributed by atoms with van der Waals surface area (Å²) in [5, 5.41) is 0. The molecule has 0 unspecified atom stereocenters. The van der Waals surface area contributed by atoms with Gasteiger partial charge in [-0.2, -0.15) is 13.2 Å². The van der Waals surface area contributed by atoms with Crippen LogP contribution in [0.2, 0.25) is 0 Å². The first-order chi connectivity index (χ1) is 10.7. The van der Waals surface area contributed by atoms with Crippen LogP contribution in [0.1, 0.15) is 34.6 Å². The zero-order chi connectivity index (χ0) is 18.9. The van der Waals surface area contributed by atoms with E-state index >= 15 is 0 Å². The van der Waals surface area contributed by atoms with Crippen LogP contribution in [0.4, 0.5) is 17.6 Å². The Hall–Kier alpha value is -1.35. The summed E-state index contributed by atoms with van der Waals surface area (Å²) in [6, 6.07) is 0. The Morgan fingerprint density at radius 3 is 2.04 bits per heavy atom. The summed E-state index contributed by atoms with van der Waals surface area (Å²) in [6.07, 6.45) is -5.92. The number of allylic oxidation sites excluding steroid dienone is 2. The monoisotopic (exact) mass is 351 g/mol. The molecule has 0 bridgehead atoms. The smallest absolute Gasteiger partial charge is 0.463 e. The Morgan fingerprint density at radius 1 is 1.21 bits per heavy atom. The number of halogens is 4. The maximum absolute atomic E-state index is 14.2. The summed E-state index contributed by atoms with van der Waals surface area (Å²) in [4.78, 5) is 3.41. The van der Waals surface area contributed by atoms with Gasteiger partial charge in [-0.25, -0.2) is 4.39 Å².